The summed E-state index contributed by atoms with van der Waals surface area (Å²) < 4.78 is 0. The molecular formula is C15H24N2S. The van der Waals surface area contributed by atoms with Gasteiger partial charge in [0.2, 0.25) is 0 Å². The average molecular weight is 264 g/mol. The highest BCUT2D eigenvalue weighted by Crippen LogP contribution is 2.23. The van der Waals surface area contributed by atoms with E-state index in [9.17, 15) is 0 Å². The first kappa shape index (κ1) is 13.9. The Bertz CT molecular complexity index is 342. The molecule has 1 aromatic rings. The Kier molecular flexibility index (Phi) is 5.54. The number of benzene rings is 1. The molecule has 0 saturated carbocycles. The van der Waals surface area contributed by atoms with Crippen molar-refractivity contribution < 1.29 is 0 Å². The lowest BCUT2D eigenvalue weighted by molar-refractivity contribution is 0.0959. The lowest BCUT2D eigenvalue weighted by Crippen LogP contribution is -2.46. The molecule has 1 aliphatic heterocycles. The molecular weight excluding hydrogens is 240 g/mol. The average Bonchev–Trinajstić information content (AvgIpc) is 2.42. The topological polar surface area (TPSA) is 6.48 Å². The van der Waals surface area contributed by atoms with Crippen LogP contribution in [0.4, 0.5) is 0 Å². The molecule has 0 spiro atoms. The zero-order valence-corrected chi connectivity index (χ0v) is 12.3. The maximum absolute atomic E-state index is 2.62. The summed E-state index contributed by atoms with van der Waals surface area (Å²) in [6.07, 6.45) is 3.50. The molecule has 3 heteroatoms. The molecule has 18 heavy (non-hydrogen) atoms. The van der Waals surface area contributed by atoms with Crippen molar-refractivity contribution in [2.24, 2.45) is 0 Å². The molecule has 0 bridgehead atoms. The van der Waals surface area contributed by atoms with E-state index in [1.165, 1.54) is 43.9 Å². The molecule has 2 nitrogen and oxygen atoms in total. The molecule has 1 saturated heterocycles. The van der Waals surface area contributed by atoms with E-state index in [4.69, 9.17) is 0 Å². The van der Waals surface area contributed by atoms with E-state index in [1.807, 2.05) is 11.8 Å². The summed E-state index contributed by atoms with van der Waals surface area (Å²) in [5, 5.41) is 0. The van der Waals surface area contributed by atoms with Crippen molar-refractivity contribution in [1.29, 1.82) is 0 Å². The van der Waals surface area contributed by atoms with Gasteiger partial charge in [0.1, 0.15) is 0 Å². The van der Waals surface area contributed by atoms with Crippen LogP contribution in [0.15, 0.2) is 30.3 Å². The van der Waals surface area contributed by atoms with Crippen LogP contribution in [-0.4, -0.2) is 55.0 Å². The highest BCUT2D eigenvalue weighted by molar-refractivity contribution is 7.98. The zero-order chi connectivity index (χ0) is 12.8. The molecule has 1 heterocycles. The van der Waals surface area contributed by atoms with Crippen LogP contribution in [0.2, 0.25) is 0 Å². The molecule has 0 amide bonds. The van der Waals surface area contributed by atoms with Crippen LogP contribution >= 0.6 is 11.8 Å². The smallest absolute Gasteiger partial charge is 0.0472 e. The Hall–Kier alpha value is -0.510. The van der Waals surface area contributed by atoms with Crippen LogP contribution in [0, 0.1) is 0 Å². The van der Waals surface area contributed by atoms with Crippen LogP contribution < -0.4 is 0 Å². The third-order valence-corrected chi connectivity index (χ3v) is 4.44. The normalized spacial score (nSPS) is 22.2. The van der Waals surface area contributed by atoms with Gasteiger partial charge in [-0.3, -0.25) is 4.90 Å². The first-order valence-electron chi connectivity index (χ1n) is 6.77. The molecule has 2 rings (SSSR count). The van der Waals surface area contributed by atoms with Crippen molar-refractivity contribution in [3.8, 4) is 0 Å². The van der Waals surface area contributed by atoms with Gasteiger partial charge in [-0.2, -0.15) is 11.8 Å². The first-order valence-corrected chi connectivity index (χ1v) is 8.17. The van der Waals surface area contributed by atoms with E-state index in [1.54, 1.807) is 0 Å². The summed E-state index contributed by atoms with van der Waals surface area (Å²) in [5.74, 6) is 1.28. The number of thioether (sulfide) groups is 1. The lowest BCUT2D eigenvalue weighted by atomic mass is 10.0. The Labute approximate surface area is 115 Å². The molecule has 0 N–H and O–H groups in total. The molecule has 0 aromatic heterocycles. The van der Waals surface area contributed by atoms with E-state index >= 15 is 0 Å². The molecule has 0 radical (unpaired) electrons. The fourth-order valence-electron chi connectivity index (χ4n) is 2.60. The van der Waals surface area contributed by atoms with E-state index in [0.29, 0.717) is 6.04 Å². The van der Waals surface area contributed by atoms with Crippen LogP contribution in [-0.2, 0) is 0 Å². The van der Waals surface area contributed by atoms with Crippen molar-refractivity contribution in [2.45, 2.75) is 12.5 Å². The second-order valence-corrected chi connectivity index (χ2v) is 6.04. The van der Waals surface area contributed by atoms with Crippen LogP contribution in [0.3, 0.4) is 0 Å². The largest absolute Gasteiger partial charge is 0.300 e. The van der Waals surface area contributed by atoms with Gasteiger partial charge in [0.25, 0.3) is 0 Å². The minimum Gasteiger partial charge on any atom is -0.300 e. The van der Waals surface area contributed by atoms with Crippen LogP contribution in [0.25, 0.3) is 0 Å². The predicted octanol–water partition coefficient (Wildman–Crippen LogP) is 2.73. The maximum atomic E-state index is 2.62. The summed E-state index contributed by atoms with van der Waals surface area (Å²) in [4.78, 5) is 5.11. The number of piperazine rings is 1. The lowest BCUT2D eigenvalue weighted by Gasteiger charge is -2.39. The van der Waals surface area contributed by atoms with Gasteiger partial charge in [0, 0.05) is 25.7 Å². The van der Waals surface area contributed by atoms with E-state index in [-0.39, 0.29) is 0 Å². The second kappa shape index (κ2) is 7.17. The third kappa shape index (κ3) is 3.74. The summed E-state index contributed by atoms with van der Waals surface area (Å²) >= 11 is 1.95. The minimum absolute atomic E-state index is 0.564. The number of rotatable bonds is 5. The Balaban J connectivity index is 1.93. The SMILES string of the molecule is CSCCCN1CCN(C)[C@@H](c2ccccc2)C1. The molecule has 1 atom stereocenters. The first-order chi connectivity index (χ1) is 8.81. The Morgan fingerprint density at radius 2 is 2.00 bits per heavy atom. The monoisotopic (exact) mass is 264 g/mol. The van der Waals surface area contributed by atoms with Gasteiger partial charge in [-0.1, -0.05) is 30.3 Å². The number of hydrogen-bond donors (Lipinski definition) is 0. The molecule has 1 fully saturated rings. The Morgan fingerprint density at radius 3 is 2.72 bits per heavy atom. The van der Waals surface area contributed by atoms with Gasteiger partial charge in [0.15, 0.2) is 0 Å². The van der Waals surface area contributed by atoms with E-state index in [2.05, 4.69) is 53.4 Å². The molecule has 100 valence electrons. The van der Waals surface area contributed by atoms with Gasteiger partial charge in [-0.15, -0.1) is 0 Å². The van der Waals surface area contributed by atoms with E-state index < -0.39 is 0 Å². The molecule has 1 aliphatic rings. The summed E-state index contributed by atoms with van der Waals surface area (Å²) in [7, 11) is 2.25. The predicted molar refractivity (Wildman–Crippen MR) is 81.3 cm³/mol. The number of nitrogens with zero attached hydrogens (tertiary/aromatic N) is 2. The molecule has 0 unspecified atom stereocenters. The summed E-state index contributed by atoms with van der Waals surface area (Å²) in [6.45, 7) is 4.82. The summed E-state index contributed by atoms with van der Waals surface area (Å²) in [6, 6.07) is 11.5. The maximum Gasteiger partial charge on any atom is 0.0472 e. The summed E-state index contributed by atoms with van der Waals surface area (Å²) in [5.41, 5.74) is 1.45. The Morgan fingerprint density at radius 1 is 1.22 bits per heavy atom. The molecule has 1 aromatic carbocycles. The van der Waals surface area contributed by atoms with Crippen LogP contribution in [0.1, 0.15) is 18.0 Å². The van der Waals surface area contributed by atoms with Gasteiger partial charge < -0.3 is 4.90 Å². The van der Waals surface area contributed by atoms with Crippen molar-refractivity contribution in [1.82, 2.24) is 9.80 Å². The zero-order valence-electron chi connectivity index (χ0n) is 11.5. The van der Waals surface area contributed by atoms with Gasteiger partial charge in [0.05, 0.1) is 0 Å². The minimum atomic E-state index is 0.564. The standard InChI is InChI=1S/C15H24N2S/c1-16-10-11-17(9-6-12-18-2)13-15(16)14-7-4-3-5-8-14/h3-5,7-8,15H,6,9-13H2,1-2H3/t15-/m1/s1. The van der Waals surface area contributed by atoms with Crippen molar-refractivity contribution in [2.75, 3.05) is 45.2 Å². The van der Waals surface area contributed by atoms with Crippen molar-refractivity contribution in [3.63, 3.8) is 0 Å². The highest BCUT2D eigenvalue weighted by Gasteiger charge is 2.24. The van der Waals surface area contributed by atoms with Gasteiger partial charge in [-0.25, -0.2) is 0 Å². The quantitative estimate of drug-likeness (QED) is 0.755. The van der Waals surface area contributed by atoms with Crippen molar-refractivity contribution >= 4 is 11.8 Å². The van der Waals surface area contributed by atoms with E-state index in [0.717, 1.165) is 0 Å². The van der Waals surface area contributed by atoms with Crippen molar-refractivity contribution in [3.05, 3.63) is 35.9 Å². The second-order valence-electron chi connectivity index (χ2n) is 5.05. The van der Waals surface area contributed by atoms with Gasteiger partial charge in [-0.05, 0) is 37.6 Å². The number of likely N-dealkylation sites (N-methyl/N-ethyl adjacent to an activating group) is 1. The van der Waals surface area contributed by atoms with Crippen LogP contribution in [0.5, 0.6) is 0 Å². The number of hydrogen-bond acceptors (Lipinski definition) is 3. The fourth-order valence-corrected chi connectivity index (χ4v) is 3.02. The third-order valence-electron chi connectivity index (χ3n) is 3.74. The van der Waals surface area contributed by atoms with Gasteiger partial charge >= 0.3 is 0 Å². The molecule has 0 aliphatic carbocycles. The highest BCUT2D eigenvalue weighted by atomic mass is 32.2. The fraction of sp³-hybridized carbons (Fsp3) is 0.600.